The van der Waals surface area contributed by atoms with Gasteiger partial charge in [0.25, 0.3) is 5.91 Å². The van der Waals surface area contributed by atoms with Gasteiger partial charge in [-0.15, -0.1) is 0 Å². The van der Waals surface area contributed by atoms with Crippen molar-refractivity contribution in [3.63, 3.8) is 0 Å². The van der Waals surface area contributed by atoms with E-state index in [1.165, 1.54) is 0 Å². The first-order valence-corrected chi connectivity index (χ1v) is 5.71. The molecule has 11 heavy (non-hydrogen) atoms. The van der Waals surface area contributed by atoms with E-state index in [0.717, 1.165) is 4.31 Å². The second kappa shape index (κ2) is 2.76. The van der Waals surface area contributed by atoms with Crippen LogP contribution in [0, 0.1) is 0 Å². The fraction of sp³-hybridized carbons (Fsp3) is 0.667. The molecule has 6 nitrogen and oxygen atoms in total. The van der Waals surface area contributed by atoms with E-state index < -0.39 is 18.7 Å². The van der Waals surface area contributed by atoms with Gasteiger partial charge in [0.1, 0.15) is 6.04 Å². The van der Waals surface area contributed by atoms with Crippen molar-refractivity contribution in [2.45, 2.75) is 6.04 Å². The highest BCUT2D eigenvalue weighted by atomic mass is 32.7. The molecule has 0 aromatic rings. The predicted octanol–water partition coefficient (Wildman–Crippen LogP) is -1.10. The summed E-state index contributed by atoms with van der Waals surface area (Å²) in [7, 11) is 0. The van der Waals surface area contributed by atoms with Crippen LogP contribution in [0.2, 0.25) is 0 Å². The van der Waals surface area contributed by atoms with Gasteiger partial charge >= 0.3 is 6.80 Å². The van der Waals surface area contributed by atoms with Gasteiger partial charge in [0.15, 0.2) is 0 Å². The van der Waals surface area contributed by atoms with Gasteiger partial charge in [0.05, 0.1) is 18.1 Å². The monoisotopic (exact) mass is 198 g/mol. The highest BCUT2D eigenvalue weighted by Gasteiger charge is 2.38. The van der Waals surface area contributed by atoms with E-state index in [4.69, 9.17) is 15.5 Å². The van der Waals surface area contributed by atoms with E-state index in [1.54, 1.807) is 0 Å². The first kappa shape index (κ1) is 9.02. The minimum atomic E-state index is -4.18. The molecule has 1 saturated heterocycles. The molecule has 1 heterocycles. The number of nitrogens with two attached hydrogens (primary N) is 1. The van der Waals surface area contributed by atoms with Crippen LogP contribution < -0.4 is 5.73 Å². The molecule has 1 aliphatic rings. The summed E-state index contributed by atoms with van der Waals surface area (Å²) in [5, 5.41) is 0. The van der Waals surface area contributed by atoms with Gasteiger partial charge in [-0.2, -0.15) is 0 Å². The maximum Gasteiger partial charge on any atom is 0.404 e. The van der Waals surface area contributed by atoms with Crippen molar-refractivity contribution in [2.75, 3.05) is 6.54 Å². The second-order valence-corrected chi connectivity index (χ2v) is 5.58. The van der Waals surface area contributed by atoms with Crippen LogP contribution in [0.4, 0.5) is 0 Å². The molecule has 1 amide bonds. The van der Waals surface area contributed by atoms with Crippen molar-refractivity contribution in [3.8, 4) is 0 Å². The van der Waals surface area contributed by atoms with Gasteiger partial charge in [-0.1, -0.05) is 0 Å². The van der Waals surface area contributed by atoms with Crippen LogP contribution in [-0.2, 0) is 9.36 Å². The van der Waals surface area contributed by atoms with Crippen LogP contribution in [0.25, 0.3) is 0 Å². The van der Waals surface area contributed by atoms with Crippen molar-refractivity contribution >= 4 is 24.3 Å². The third kappa shape index (κ3) is 2.18. The molecule has 1 rings (SSSR count). The molecule has 0 aromatic carbocycles. The summed E-state index contributed by atoms with van der Waals surface area (Å²) >= 11 is 0.226. The van der Waals surface area contributed by atoms with E-state index >= 15 is 0 Å². The average Bonchev–Trinajstić information content (AvgIpc) is 1.84. The number of amides is 1. The lowest BCUT2D eigenvalue weighted by molar-refractivity contribution is -0.134. The fourth-order valence-electron chi connectivity index (χ4n) is 0.621. The third-order valence-electron chi connectivity index (χ3n) is 1.13. The number of nitrogens with zero attached hydrogens (tertiary/aromatic N) is 1. The summed E-state index contributed by atoms with van der Waals surface area (Å²) in [4.78, 5) is 27.5. The first-order chi connectivity index (χ1) is 4.90. The molecule has 0 radical (unpaired) electrons. The number of carbonyl (C=O) groups is 1. The summed E-state index contributed by atoms with van der Waals surface area (Å²) in [5.41, 5.74) is 5.17. The summed E-state index contributed by atoms with van der Waals surface area (Å²) < 4.78 is 11.3. The van der Waals surface area contributed by atoms with Crippen LogP contribution in [0.3, 0.4) is 0 Å². The van der Waals surface area contributed by atoms with E-state index in [9.17, 15) is 9.36 Å². The lowest BCUT2D eigenvalue weighted by Crippen LogP contribution is -2.57. The second-order valence-electron chi connectivity index (χ2n) is 2.08. The molecule has 1 fully saturated rings. The Morgan fingerprint density at radius 3 is 2.55 bits per heavy atom. The standard InChI is InChI=1S/C3H7N2O4PS/c4-2-1-5(3(2)6)11-10(7,8)9/h2H,1,4H2,(H2,7,8,9)/t2-/m0/s1. The zero-order valence-electron chi connectivity index (χ0n) is 5.38. The minimum Gasteiger partial charge on any atom is -0.318 e. The van der Waals surface area contributed by atoms with Gasteiger partial charge in [-0.25, -0.2) is 4.57 Å². The maximum atomic E-state index is 10.7. The summed E-state index contributed by atoms with van der Waals surface area (Å²) in [6.07, 6.45) is 0. The first-order valence-electron chi connectivity index (χ1n) is 2.72. The predicted molar refractivity (Wildman–Crippen MR) is 39.3 cm³/mol. The Morgan fingerprint density at radius 2 is 2.27 bits per heavy atom. The molecule has 0 saturated carbocycles. The van der Waals surface area contributed by atoms with Crippen molar-refractivity contribution in [1.82, 2.24) is 4.31 Å². The lowest BCUT2D eigenvalue weighted by atomic mass is 10.2. The summed E-state index contributed by atoms with van der Waals surface area (Å²) in [6, 6.07) is -0.589. The quantitative estimate of drug-likeness (QED) is 0.295. The lowest BCUT2D eigenvalue weighted by Gasteiger charge is -2.33. The van der Waals surface area contributed by atoms with Gasteiger partial charge in [-0.05, 0) is 0 Å². The van der Waals surface area contributed by atoms with Crippen LogP contribution in [0.1, 0.15) is 0 Å². The van der Waals surface area contributed by atoms with Crippen molar-refractivity contribution in [1.29, 1.82) is 0 Å². The third-order valence-corrected chi connectivity index (χ3v) is 3.10. The molecule has 0 aliphatic carbocycles. The van der Waals surface area contributed by atoms with E-state index in [-0.39, 0.29) is 18.1 Å². The Balaban J connectivity index is 2.43. The number of carbonyl (C=O) groups excluding carboxylic acids is 1. The van der Waals surface area contributed by atoms with Crippen LogP contribution >= 0.6 is 18.4 Å². The van der Waals surface area contributed by atoms with Gasteiger partial charge in [0, 0.05) is 0 Å². The molecule has 0 aromatic heterocycles. The van der Waals surface area contributed by atoms with Crippen molar-refractivity contribution in [2.24, 2.45) is 5.73 Å². The van der Waals surface area contributed by atoms with Gasteiger partial charge in [-0.3, -0.25) is 9.10 Å². The molecule has 1 atom stereocenters. The zero-order chi connectivity index (χ0) is 8.65. The maximum absolute atomic E-state index is 10.7. The van der Waals surface area contributed by atoms with E-state index in [1.807, 2.05) is 0 Å². The van der Waals surface area contributed by atoms with Crippen LogP contribution in [0.15, 0.2) is 0 Å². The molecule has 1 aliphatic heterocycles. The molecule has 8 heteroatoms. The number of rotatable bonds is 2. The van der Waals surface area contributed by atoms with Crippen molar-refractivity contribution in [3.05, 3.63) is 0 Å². The zero-order valence-corrected chi connectivity index (χ0v) is 7.09. The highest BCUT2D eigenvalue weighted by molar-refractivity contribution is 8.53. The Bertz CT molecular complexity index is 227. The number of hydrogen-bond acceptors (Lipinski definition) is 4. The number of β-lactam (4-membered cyclic amide) rings is 1. The summed E-state index contributed by atoms with van der Waals surface area (Å²) in [5.74, 6) is -0.432. The molecular formula is C3H7N2O4PS. The SMILES string of the molecule is N[C@H]1CN(SP(=O)(O)O)C1=O. The van der Waals surface area contributed by atoms with Crippen LogP contribution in [0.5, 0.6) is 0 Å². The average molecular weight is 198 g/mol. The van der Waals surface area contributed by atoms with E-state index in [0.29, 0.717) is 0 Å². The Labute approximate surface area is 66.8 Å². The minimum absolute atomic E-state index is 0.203. The molecular weight excluding hydrogens is 191 g/mol. The topological polar surface area (TPSA) is 104 Å². The largest absolute Gasteiger partial charge is 0.404 e. The number of hydrogen-bond donors (Lipinski definition) is 3. The molecule has 0 unspecified atom stereocenters. The molecule has 4 N–H and O–H groups in total. The summed E-state index contributed by atoms with van der Waals surface area (Å²) in [6.45, 7) is -3.98. The smallest absolute Gasteiger partial charge is 0.318 e. The molecule has 64 valence electrons. The molecule has 0 bridgehead atoms. The van der Waals surface area contributed by atoms with Crippen LogP contribution in [-0.4, -0.2) is 32.6 Å². The van der Waals surface area contributed by atoms with E-state index in [2.05, 4.69) is 0 Å². The fourth-order valence-corrected chi connectivity index (χ4v) is 2.53. The Hall–Kier alpha value is -0.0700. The van der Waals surface area contributed by atoms with Gasteiger partial charge < -0.3 is 15.5 Å². The van der Waals surface area contributed by atoms with Crippen molar-refractivity contribution < 1.29 is 19.1 Å². The van der Waals surface area contributed by atoms with Gasteiger partial charge in [0.2, 0.25) is 0 Å². The molecule has 0 spiro atoms. The normalized spacial score (nSPS) is 25.2. The highest BCUT2D eigenvalue weighted by Crippen LogP contribution is 2.53. The Morgan fingerprint density at radius 1 is 1.73 bits per heavy atom. The Kier molecular flexibility index (Phi) is 2.27.